The molecule has 0 spiro atoms. The van der Waals surface area contributed by atoms with E-state index in [2.05, 4.69) is 15.0 Å². The number of hydrogen-bond acceptors (Lipinski definition) is 5. The van der Waals surface area contributed by atoms with Gasteiger partial charge in [0.15, 0.2) is 0 Å². The Labute approximate surface area is 117 Å². The van der Waals surface area contributed by atoms with Gasteiger partial charge in [-0.25, -0.2) is 4.79 Å². The Bertz CT molecular complexity index is 674. The molecule has 2 rings (SSSR count). The normalized spacial score (nSPS) is 15.9. The number of nitrogens with zero attached hydrogens (tertiary/aromatic N) is 1. The summed E-state index contributed by atoms with van der Waals surface area (Å²) in [5, 5.41) is 5.20. The topological polar surface area (TPSA) is 96.9 Å². The van der Waals surface area contributed by atoms with Crippen LogP contribution in [0.4, 0.5) is 16.2 Å². The fourth-order valence-electron chi connectivity index (χ4n) is 1.58. The number of fused-ring (bicyclic) bond motifs is 1. The Morgan fingerprint density at radius 3 is 2.70 bits per heavy atom. The minimum atomic E-state index is -3.72. The maximum atomic E-state index is 11.8. The van der Waals surface area contributed by atoms with Crippen molar-refractivity contribution in [3.8, 4) is 0 Å². The van der Waals surface area contributed by atoms with E-state index in [4.69, 9.17) is 4.74 Å². The van der Waals surface area contributed by atoms with E-state index in [9.17, 15) is 13.2 Å². The molecule has 1 aromatic rings. The Morgan fingerprint density at radius 1 is 1.35 bits per heavy atom. The van der Waals surface area contributed by atoms with E-state index in [1.54, 1.807) is 32.9 Å². The number of anilines is 2. The van der Waals surface area contributed by atoms with Gasteiger partial charge in [0.05, 0.1) is 5.69 Å². The Balaban J connectivity index is 2.23. The Kier molecular flexibility index (Phi) is 3.43. The van der Waals surface area contributed by atoms with E-state index in [0.29, 0.717) is 11.4 Å². The lowest BCUT2D eigenvalue weighted by Crippen LogP contribution is -2.27. The molecule has 0 atom stereocenters. The van der Waals surface area contributed by atoms with Gasteiger partial charge in [-0.1, -0.05) is 0 Å². The molecule has 0 bridgehead atoms. The summed E-state index contributed by atoms with van der Waals surface area (Å²) in [6.07, 6.45) is 0.459. The van der Waals surface area contributed by atoms with Crippen molar-refractivity contribution in [2.75, 3.05) is 10.6 Å². The van der Waals surface area contributed by atoms with Crippen LogP contribution in [-0.4, -0.2) is 26.5 Å². The molecule has 8 heteroatoms. The maximum Gasteiger partial charge on any atom is 0.412 e. The lowest BCUT2D eigenvalue weighted by molar-refractivity contribution is 0.0636. The highest BCUT2D eigenvalue weighted by molar-refractivity contribution is 7.90. The van der Waals surface area contributed by atoms with Gasteiger partial charge in [0.25, 0.3) is 10.0 Å². The molecule has 7 nitrogen and oxygen atoms in total. The molecule has 1 aromatic carbocycles. The average molecular weight is 297 g/mol. The summed E-state index contributed by atoms with van der Waals surface area (Å²) < 4.78 is 32.0. The fraction of sp³-hybridized carbons (Fsp3) is 0.333. The number of sulfonamides is 1. The van der Waals surface area contributed by atoms with Gasteiger partial charge in [0.1, 0.15) is 16.8 Å². The number of nitrogens with one attached hydrogen (secondary N) is 2. The minimum absolute atomic E-state index is 0.00792. The second kappa shape index (κ2) is 4.78. The molecule has 0 saturated heterocycles. The molecular formula is C12H15N3O4S. The van der Waals surface area contributed by atoms with Crippen LogP contribution in [-0.2, 0) is 14.8 Å². The second-order valence-electron chi connectivity index (χ2n) is 5.19. The first-order valence-corrected chi connectivity index (χ1v) is 7.31. The van der Waals surface area contributed by atoms with Crippen molar-refractivity contribution in [2.45, 2.75) is 31.3 Å². The molecule has 0 aromatic heterocycles. The van der Waals surface area contributed by atoms with Crippen LogP contribution in [0.5, 0.6) is 0 Å². The molecule has 0 aliphatic carbocycles. The third-order valence-electron chi connectivity index (χ3n) is 2.32. The van der Waals surface area contributed by atoms with Crippen molar-refractivity contribution in [2.24, 2.45) is 4.40 Å². The van der Waals surface area contributed by atoms with Crippen LogP contribution in [0.1, 0.15) is 20.8 Å². The number of carbonyl (C=O) groups is 1. The number of hydrogen-bond donors (Lipinski definition) is 2. The number of rotatable bonds is 1. The van der Waals surface area contributed by atoms with Gasteiger partial charge in [0.2, 0.25) is 0 Å². The van der Waals surface area contributed by atoms with Crippen molar-refractivity contribution in [1.82, 2.24) is 0 Å². The molecule has 1 aliphatic heterocycles. The molecule has 0 saturated carbocycles. The summed E-state index contributed by atoms with van der Waals surface area (Å²) in [4.78, 5) is 11.6. The van der Waals surface area contributed by atoms with E-state index in [1.807, 2.05) is 0 Å². The van der Waals surface area contributed by atoms with Crippen LogP contribution in [0.15, 0.2) is 27.5 Å². The largest absolute Gasteiger partial charge is 0.444 e. The second-order valence-corrected chi connectivity index (χ2v) is 6.79. The summed E-state index contributed by atoms with van der Waals surface area (Å²) in [5.74, 6) is 0. The third-order valence-corrected chi connectivity index (χ3v) is 3.59. The summed E-state index contributed by atoms with van der Waals surface area (Å²) >= 11 is 0. The van der Waals surface area contributed by atoms with Gasteiger partial charge >= 0.3 is 6.09 Å². The van der Waals surface area contributed by atoms with Gasteiger partial charge in [-0.05, 0) is 39.0 Å². The highest BCUT2D eigenvalue weighted by atomic mass is 32.2. The van der Waals surface area contributed by atoms with Gasteiger partial charge < -0.3 is 10.1 Å². The van der Waals surface area contributed by atoms with Crippen molar-refractivity contribution in [1.29, 1.82) is 0 Å². The first-order valence-electron chi connectivity index (χ1n) is 5.87. The third kappa shape index (κ3) is 3.27. The lowest BCUT2D eigenvalue weighted by Gasteiger charge is -2.20. The molecule has 0 unspecified atom stereocenters. The molecule has 1 heterocycles. The zero-order valence-electron chi connectivity index (χ0n) is 11.3. The number of benzene rings is 1. The van der Waals surface area contributed by atoms with Crippen molar-refractivity contribution in [3.63, 3.8) is 0 Å². The molecule has 1 aliphatic rings. The van der Waals surface area contributed by atoms with E-state index >= 15 is 0 Å². The van der Waals surface area contributed by atoms with E-state index in [0.717, 1.165) is 6.34 Å². The van der Waals surface area contributed by atoms with Crippen LogP contribution in [0, 0.1) is 0 Å². The molecule has 20 heavy (non-hydrogen) atoms. The molecule has 0 fully saturated rings. The van der Waals surface area contributed by atoms with Gasteiger partial charge in [-0.3, -0.25) is 5.32 Å². The van der Waals surface area contributed by atoms with Crippen LogP contribution in [0.25, 0.3) is 0 Å². The molecule has 108 valence electrons. The zero-order chi connectivity index (χ0) is 15.0. The summed E-state index contributed by atoms with van der Waals surface area (Å²) in [5.41, 5.74) is 0.103. The molecule has 1 amide bonds. The van der Waals surface area contributed by atoms with Crippen LogP contribution >= 0.6 is 0 Å². The number of ether oxygens (including phenoxy) is 1. The van der Waals surface area contributed by atoms with Crippen molar-refractivity contribution >= 4 is 33.8 Å². The predicted molar refractivity (Wildman–Crippen MR) is 75.6 cm³/mol. The predicted octanol–water partition coefficient (Wildman–Crippen LogP) is 2.18. The lowest BCUT2D eigenvalue weighted by atomic mass is 10.2. The maximum absolute atomic E-state index is 11.8. The average Bonchev–Trinajstić information content (AvgIpc) is 2.27. The van der Waals surface area contributed by atoms with Crippen molar-refractivity contribution < 1.29 is 17.9 Å². The van der Waals surface area contributed by atoms with Crippen molar-refractivity contribution in [3.05, 3.63) is 18.2 Å². The standard InChI is InChI=1S/C12H15N3O4S/c1-12(2,3)19-11(16)15-8-4-5-9-10(6-8)20(17,18)14-7-13-9/h4-7H,1-3H3,(H,13,14)(H,15,16). The number of amides is 1. The van der Waals surface area contributed by atoms with E-state index in [-0.39, 0.29) is 4.90 Å². The van der Waals surface area contributed by atoms with E-state index < -0.39 is 21.7 Å². The highest BCUT2D eigenvalue weighted by Gasteiger charge is 2.22. The molecular weight excluding hydrogens is 282 g/mol. The summed E-state index contributed by atoms with van der Waals surface area (Å²) in [6.45, 7) is 5.22. The highest BCUT2D eigenvalue weighted by Crippen LogP contribution is 2.28. The van der Waals surface area contributed by atoms with Crippen LogP contribution in [0.2, 0.25) is 0 Å². The van der Waals surface area contributed by atoms with Gasteiger partial charge in [0, 0.05) is 5.69 Å². The van der Waals surface area contributed by atoms with Gasteiger partial charge in [-0.15, -0.1) is 4.40 Å². The van der Waals surface area contributed by atoms with E-state index in [1.165, 1.54) is 6.07 Å². The Morgan fingerprint density at radius 2 is 2.05 bits per heavy atom. The van der Waals surface area contributed by atoms with Crippen LogP contribution < -0.4 is 10.6 Å². The number of carbonyl (C=O) groups excluding carboxylic acids is 1. The van der Waals surface area contributed by atoms with Crippen LogP contribution in [0.3, 0.4) is 0 Å². The zero-order valence-corrected chi connectivity index (χ0v) is 12.1. The first kappa shape index (κ1) is 14.3. The van der Waals surface area contributed by atoms with Gasteiger partial charge in [-0.2, -0.15) is 8.42 Å². The molecule has 2 N–H and O–H groups in total. The summed E-state index contributed by atoms with van der Waals surface area (Å²) in [7, 11) is -3.72. The Hall–Kier alpha value is -2.09. The summed E-state index contributed by atoms with van der Waals surface area (Å²) in [6, 6.07) is 4.45. The smallest absolute Gasteiger partial charge is 0.412 e. The first-order chi connectivity index (χ1) is 9.17. The fourth-order valence-corrected chi connectivity index (χ4v) is 2.56. The quantitative estimate of drug-likeness (QED) is 0.828. The molecule has 0 radical (unpaired) electrons. The minimum Gasteiger partial charge on any atom is -0.444 e. The SMILES string of the molecule is CC(C)(C)OC(=O)Nc1ccc2c(c1)S(=O)(=O)N=CN2. The monoisotopic (exact) mass is 297 g/mol.